The molecule has 1 aliphatic heterocycles. The number of carbonyl (C=O) groups is 1. The highest BCUT2D eigenvalue weighted by atomic mass is 32.2. The van der Waals surface area contributed by atoms with Crippen LogP contribution in [0.4, 0.5) is 5.69 Å². The second kappa shape index (κ2) is 13.5. The third kappa shape index (κ3) is 7.13. The molecular formula is C36H37N3O3S. The SMILES string of the molecule is Cc1c(C(=O)O)oc2ccc(SN(CCc3ccccc3)Cc3ccccc3N3CCN(Cc4ccccc4)CC3)cc12. The lowest BCUT2D eigenvalue weighted by molar-refractivity contribution is 0.0664. The molecule has 6 rings (SSSR count). The predicted molar refractivity (Wildman–Crippen MR) is 175 cm³/mol. The Kier molecular flexibility index (Phi) is 9.13. The van der Waals surface area contributed by atoms with Crippen LogP contribution in [0.1, 0.15) is 32.8 Å². The molecule has 5 aromatic rings. The van der Waals surface area contributed by atoms with Crippen molar-refractivity contribution < 1.29 is 14.3 Å². The van der Waals surface area contributed by atoms with Gasteiger partial charge in [0, 0.05) is 67.3 Å². The van der Waals surface area contributed by atoms with Gasteiger partial charge in [0.15, 0.2) is 0 Å². The number of rotatable bonds is 11. The monoisotopic (exact) mass is 591 g/mol. The van der Waals surface area contributed by atoms with Gasteiger partial charge < -0.3 is 14.4 Å². The van der Waals surface area contributed by atoms with Crippen molar-refractivity contribution in [2.75, 3.05) is 37.6 Å². The maximum atomic E-state index is 11.6. The number of hydrogen-bond donors (Lipinski definition) is 1. The zero-order chi connectivity index (χ0) is 29.6. The van der Waals surface area contributed by atoms with E-state index in [2.05, 4.69) is 105 Å². The van der Waals surface area contributed by atoms with Crippen molar-refractivity contribution in [1.29, 1.82) is 0 Å². The highest BCUT2D eigenvalue weighted by molar-refractivity contribution is 7.97. The van der Waals surface area contributed by atoms with Gasteiger partial charge in [0.25, 0.3) is 0 Å². The minimum absolute atomic E-state index is 0.0101. The van der Waals surface area contributed by atoms with Gasteiger partial charge in [-0.3, -0.25) is 4.90 Å². The van der Waals surface area contributed by atoms with Crippen LogP contribution in [0.2, 0.25) is 0 Å². The highest BCUT2D eigenvalue weighted by Gasteiger charge is 2.21. The number of benzene rings is 4. The molecule has 0 unspecified atom stereocenters. The van der Waals surface area contributed by atoms with E-state index in [4.69, 9.17) is 4.42 Å². The normalized spacial score (nSPS) is 14.0. The summed E-state index contributed by atoms with van der Waals surface area (Å²) in [4.78, 5) is 17.8. The number of fused-ring (bicyclic) bond motifs is 1. The molecule has 2 heterocycles. The summed E-state index contributed by atoms with van der Waals surface area (Å²) in [6.07, 6.45) is 0.935. The number of carboxylic acids is 1. The van der Waals surface area contributed by atoms with E-state index >= 15 is 0 Å². The molecule has 0 radical (unpaired) electrons. The first-order valence-electron chi connectivity index (χ1n) is 14.9. The Balaban J connectivity index is 1.20. The first kappa shape index (κ1) is 29.1. The van der Waals surface area contributed by atoms with E-state index in [9.17, 15) is 9.90 Å². The predicted octanol–water partition coefficient (Wildman–Crippen LogP) is 7.51. The lowest BCUT2D eigenvalue weighted by Crippen LogP contribution is -2.46. The number of para-hydroxylation sites is 1. The van der Waals surface area contributed by atoms with Crippen LogP contribution in [0.15, 0.2) is 112 Å². The molecule has 1 N–H and O–H groups in total. The van der Waals surface area contributed by atoms with Crippen molar-refractivity contribution in [3.05, 3.63) is 131 Å². The Hall–Kier alpha value is -4.04. The molecule has 1 fully saturated rings. The average molecular weight is 592 g/mol. The third-order valence-corrected chi connectivity index (χ3v) is 9.16. The third-order valence-electron chi connectivity index (χ3n) is 8.13. The fourth-order valence-corrected chi connectivity index (χ4v) is 6.78. The van der Waals surface area contributed by atoms with E-state index in [0.29, 0.717) is 11.1 Å². The van der Waals surface area contributed by atoms with E-state index in [1.54, 1.807) is 11.9 Å². The molecule has 1 saturated heterocycles. The molecular weight excluding hydrogens is 554 g/mol. The summed E-state index contributed by atoms with van der Waals surface area (Å²) in [6.45, 7) is 8.56. The summed E-state index contributed by atoms with van der Waals surface area (Å²) in [6, 6.07) is 36.1. The summed E-state index contributed by atoms with van der Waals surface area (Å²) in [5, 5.41) is 10.4. The molecule has 1 aliphatic rings. The number of aromatic carboxylic acids is 1. The number of aryl methyl sites for hydroxylation is 1. The van der Waals surface area contributed by atoms with E-state index in [0.717, 1.165) is 62.5 Å². The van der Waals surface area contributed by atoms with E-state index in [1.165, 1.54) is 22.4 Å². The first-order valence-corrected chi connectivity index (χ1v) is 15.6. The van der Waals surface area contributed by atoms with Crippen molar-refractivity contribution in [3.8, 4) is 0 Å². The first-order chi connectivity index (χ1) is 21.0. The number of nitrogens with zero attached hydrogens (tertiary/aromatic N) is 3. The Labute approximate surface area is 257 Å². The van der Waals surface area contributed by atoms with Gasteiger partial charge in [-0.2, -0.15) is 0 Å². The zero-order valence-electron chi connectivity index (χ0n) is 24.5. The van der Waals surface area contributed by atoms with Gasteiger partial charge in [-0.05, 0) is 66.2 Å². The number of carboxylic acid groups (broad SMARTS) is 1. The van der Waals surface area contributed by atoms with Crippen LogP contribution in [0.25, 0.3) is 11.0 Å². The van der Waals surface area contributed by atoms with Crippen molar-refractivity contribution in [2.45, 2.75) is 31.3 Å². The number of piperazine rings is 1. The summed E-state index contributed by atoms with van der Waals surface area (Å²) in [7, 11) is 0. The van der Waals surface area contributed by atoms with Crippen LogP contribution in [0, 0.1) is 6.92 Å². The molecule has 0 amide bonds. The molecule has 7 heteroatoms. The Bertz CT molecular complexity index is 1660. The van der Waals surface area contributed by atoms with Crippen molar-refractivity contribution in [2.24, 2.45) is 0 Å². The van der Waals surface area contributed by atoms with Gasteiger partial charge >= 0.3 is 5.97 Å². The molecule has 4 aromatic carbocycles. The molecule has 0 saturated carbocycles. The van der Waals surface area contributed by atoms with Crippen LogP contribution in [-0.2, 0) is 19.5 Å². The lowest BCUT2D eigenvalue weighted by Gasteiger charge is -2.37. The molecule has 43 heavy (non-hydrogen) atoms. The number of hydrogen-bond acceptors (Lipinski definition) is 6. The van der Waals surface area contributed by atoms with E-state index in [1.807, 2.05) is 19.1 Å². The second-order valence-electron chi connectivity index (χ2n) is 11.1. The van der Waals surface area contributed by atoms with Crippen molar-refractivity contribution in [3.63, 3.8) is 0 Å². The molecule has 1 aromatic heterocycles. The van der Waals surface area contributed by atoms with Gasteiger partial charge in [0.1, 0.15) is 5.58 Å². The van der Waals surface area contributed by atoms with Crippen LogP contribution >= 0.6 is 11.9 Å². The van der Waals surface area contributed by atoms with Gasteiger partial charge in [-0.25, -0.2) is 9.10 Å². The molecule has 0 aliphatic carbocycles. The minimum Gasteiger partial charge on any atom is -0.475 e. The maximum absolute atomic E-state index is 11.6. The standard InChI is InChI=1S/C36H37N3O3S/c1-27-32-24-31(16-17-34(32)42-35(27)36(40)41)43-39(19-18-28-10-4-2-5-11-28)26-30-14-8-9-15-33(30)38-22-20-37(21-23-38)25-29-12-6-3-7-13-29/h2-17,24H,18-23,25-26H2,1H3,(H,40,41). The number of furan rings is 1. The summed E-state index contributed by atoms with van der Waals surface area (Å²) >= 11 is 1.72. The van der Waals surface area contributed by atoms with Crippen LogP contribution in [-0.4, -0.2) is 53.0 Å². The summed E-state index contributed by atoms with van der Waals surface area (Å²) in [5.41, 5.74) is 6.56. The smallest absolute Gasteiger partial charge is 0.372 e. The Morgan fingerprint density at radius 2 is 1.53 bits per heavy atom. The van der Waals surface area contributed by atoms with Gasteiger partial charge in [0.2, 0.25) is 5.76 Å². The van der Waals surface area contributed by atoms with Gasteiger partial charge in [0.05, 0.1) is 0 Å². The van der Waals surface area contributed by atoms with Crippen molar-refractivity contribution >= 4 is 34.6 Å². The van der Waals surface area contributed by atoms with Crippen LogP contribution in [0.3, 0.4) is 0 Å². The highest BCUT2D eigenvalue weighted by Crippen LogP contribution is 2.33. The topological polar surface area (TPSA) is 60.2 Å². The van der Waals surface area contributed by atoms with Crippen LogP contribution < -0.4 is 4.90 Å². The van der Waals surface area contributed by atoms with Gasteiger partial charge in [-0.1, -0.05) is 78.9 Å². The molecule has 0 bridgehead atoms. The Morgan fingerprint density at radius 3 is 2.26 bits per heavy atom. The Morgan fingerprint density at radius 1 is 0.860 bits per heavy atom. The van der Waals surface area contributed by atoms with E-state index in [-0.39, 0.29) is 5.76 Å². The quantitative estimate of drug-likeness (QED) is 0.160. The van der Waals surface area contributed by atoms with Crippen LogP contribution in [0.5, 0.6) is 0 Å². The van der Waals surface area contributed by atoms with Crippen molar-refractivity contribution in [1.82, 2.24) is 9.21 Å². The zero-order valence-corrected chi connectivity index (χ0v) is 25.3. The molecule has 0 atom stereocenters. The molecule has 0 spiro atoms. The molecule has 220 valence electrons. The minimum atomic E-state index is -1.04. The van der Waals surface area contributed by atoms with E-state index < -0.39 is 5.97 Å². The maximum Gasteiger partial charge on any atom is 0.372 e. The largest absolute Gasteiger partial charge is 0.475 e. The second-order valence-corrected chi connectivity index (χ2v) is 12.3. The molecule has 6 nitrogen and oxygen atoms in total. The number of anilines is 1. The average Bonchev–Trinajstić information content (AvgIpc) is 3.37. The fourth-order valence-electron chi connectivity index (χ4n) is 5.80. The summed E-state index contributed by atoms with van der Waals surface area (Å²) < 4.78 is 8.04. The lowest BCUT2D eigenvalue weighted by atomic mass is 10.1. The summed E-state index contributed by atoms with van der Waals surface area (Å²) in [5.74, 6) is -1.03. The fraction of sp³-hybridized carbons (Fsp3) is 0.250. The van der Waals surface area contributed by atoms with Gasteiger partial charge in [-0.15, -0.1) is 0 Å².